The number of carbonyl (C=O) groups excluding carboxylic acids is 2. The van der Waals surface area contributed by atoms with Gasteiger partial charge in [0.05, 0.1) is 43.6 Å². The normalized spacial score (nSPS) is 14.9. The van der Waals surface area contributed by atoms with Crippen molar-refractivity contribution in [1.29, 1.82) is 0 Å². The summed E-state index contributed by atoms with van der Waals surface area (Å²) < 4.78 is 28.7. The van der Waals surface area contributed by atoms with Crippen LogP contribution in [0, 0.1) is 0 Å². The topological polar surface area (TPSA) is 74.3 Å². The van der Waals surface area contributed by atoms with Gasteiger partial charge in [0, 0.05) is 0 Å². The number of amides is 2. The highest BCUT2D eigenvalue weighted by Crippen LogP contribution is 2.38. The van der Waals surface area contributed by atoms with Gasteiger partial charge in [0.1, 0.15) is 18.3 Å². The Balaban J connectivity index is 1.37. The van der Waals surface area contributed by atoms with E-state index in [4.69, 9.17) is 18.6 Å². The zero-order valence-electron chi connectivity index (χ0n) is 34.6. The summed E-state index contributed by atoms with van der Waals surface area (Å²) in [5.74, 6) is -0.832. The van der Waals surface area contributed by atoms with E-state index in [-0.39, 0.29) is 31.5 Å². The van der Waals surface area contributed by atoms with Gasteiger partial charge in [-0.3, -0.25) is 14.5 Å². The molecule has 7 rings (SSSR count). The number of imide groups is 1. The molecule has 0 N–H and O–H groups in total. The lowest BCUT2D eigenvalue weighted by Crippen LogP contribution is -2.67. The minimum absolute atomic E-state index is 0.108. The summed E-state index contributed by atoms with van der Waals surface area (Å²) in [6, 6.07) is 56.6. The Hall–Kier alpha value is -5.74. The second-order valence-electron chi connectivity index (χ2n) is 16.1. The zero-order chi connectivity index (χ0) is 42.0. The van der Waals surface area contributed by atoms with Crippen molar-refractivity contribution < 1.29 is 28.2 Å². The van der Waals surface area contributed by atoms with Crippen LogP contribution in [0.5, 0.6) is 0 Å². The first-order valence-electron chi connectivity index (χ1n) is 20.5. The van der Waals surface area contributed by atoms with Gasteiger partial charge in [-0.15, -0.1) is 6.58 Å². The van der Waals surface area contributed by atoms with Crippen LogP contribution in [0.15, 0.2) is 189 Å². The van der Waals surface area contributed by atoms with Crippen LogP contribution in [0.4, 0.5) is 0 Å². The minimum Gasteiger partial charge on any atom is -0.405 e. The van der Waals surface area contributed by atoms with Gasteiger partial charge in [0.25, 0.3) is 20.1 Å². The largest absolute Gasteiger partial charge is 0.405 e. The summed E-state index contributed by atoms with van der Waals surface area (Å²) in [7, 11) is -3.10. The fourth-order valence-electron chi connectivity index (χ4n) is 8.18. The molecule has 0 aliphatic carbocycles. The van der Waals surface area contributed by atoms with Crippen molar-refractivity contribution in [3.63, 3.8) is 0 Å². The van der Waals surface area contributed by atoms with Gasteiger partial charge in [-0.25, -0.2) is 0 Å². The summed E-state index contributed by atoms with van der Waals surface area (Å²) in [5.41, 5.74) is 3.50. The van der Waals surface area contributed by atoms with Gasteiger partial charge in [0.2, 0.25) is 0 Å². The first kappa shape index (κ1) is 42.4. The van der Waals surface area contributed by atoms with E-state index < -0.39 is 44.5 Å². The Morgan fingerprint density at radius 2 is 0.900 bits per heavy atom. The lowest BCUT2D eigenvalue weighted by Gasteiger charge is -2.45. The van der Waals surface area contributed by atoms with Crippen molar-refractivity contribution in [1.82, 2.24) is 4.90 Å². The van der Waals surface area contributed by atoms with E-state index in [1.54, 1.807) is 30.3 Å². The molecule has 7 nitrogen and oxygen atoms in total. The number of ether oxygens (including phenoxy) is 3. The number of rotatable bonds is 19. The molecule has 6 aromatic carbocycles. The highest BCUT2D eigenvalue weighted by atomic mass is 28.4. The average Bonchev–Trinajstić information content (AvgIpc) is 3.54. The summed E-state index contributed by atoms with van der Waals surface area (Å²) in [5, 5.41) is 1.92. The van der Waals surface area contributed by atoms with Crippen LogP contribution >= 0.6 is 0 Å². The second kappa shape index (κ2) is 19.5. The molecule has 1 aliphatic heterocycles. The van der Waals surface area contributed by atoms with Gasteiger partial charge < -0.3 is 18.6 Å². The highest BCUT2D eigenvalue weighted by molar-refractivity contribution is 6.99. The van der Waals surface area contributed by atoms with E-state index in [1.807, 2.05) is 103 Å². The van der Waals surface area contributed by atoms with Crippen molar-refractivity contribution in [3.05, 3.63) is 216 Å². The molecule has 0 radical (unpaired) electrons. The quantitative estimate of drug-likeness (QED) is 0.0462. The smallest absolute Gasteiger partial charge is 0.262 e. The molecular weight excluding hydrogens is 763 g/mol. The molecule has 306 valence electrons. The van der Waals surface area contributed by atoms with E-state index in [0.29, 0.717) is 11.1 Å². The third-order valence-corrected chi connectivity index (χ3v) is 16.2. The van der Waals surface area contributed by atoms with Crippen molar-refractivity contribution in [3.8, 4) is 0 Å². The maximum atomic E-state index is 14.3. The number of fused-ring (bicyclic) bond motifs is 1. The number of hydrogen-bond acceptors (Lipinski definition) is 6. The molecule has 2 amide bonds. The van der Waals surface area contributed by atoms with Crippen LogP contribution in [0.1, 0.15) is 58.2 Å². The predicted octanol–water partition coefficient (Wildman–Crippen LogP) is 9.17. The van der Waals surface area contributed by atoms with Crippen molar-refractivity contribution in [2.45, 2.75) is 70.0 Å². The molecule has 6 aromatic rings. The number of carbonyl (C=O) groups is 2. The molecule has 60 heavy (non-hydrogen) atoms. The van der Waals surface area contributed by atoms with Gasteiger partial charge in [-0.05, 0) is 44.2 Å². The molecule has 0 fully saturated rings. The number of hydrogen-bond donors (Lipinski definition) is 0. The van der Waals surface area contributed by atoms with E-state index >= 15 is 0 Å². The summed E-state index contributed by atoms with van der Waals surface area (Å²) in [4.78, 5) is 29.8. The van der Waals surface area contributed by atoms with E-state index in [9.17, 15) is 9.59 Å². The molecule has 1 aliphatic rings. The van der Waals surface area contributed by atoms with Crippen molar-refractivity contribution >= 4 is 30.5 Å². The average molecular weight is 816 g/mol. The molecule has 0 aromatic heterocycles. The van der Waals surface area contributed by atoms with Gasteiger partial charge in [-0.2, -0.15) is 0 Å². The van der Waals surface area contributed by atoms with Gasteiger partial charge in [-0.1, -0.05) is 191 Å². The molecule has 4 atom stereocenters. The lowest BCUT2D eigenvalue weighted by molar-refractivity contribution is -0.168. The van der Waals surface area contributed by atoms with Crippen LogP contribution in [0.3, 0.4) is 0 Å². The summed E-state index contributed by atoms with van der Waals surface area (Å²) >= 11 is 0. The zero-order valence-corrected chi connectivity index (χ0v) is 35.6. The van der Waals surface area contributed by atoms with Crippen LogP contribution in [0.25, 0.3) is 0 Å². The van der Waals surface area contributed by atoms with E-state index in [2.05, 4.69) is 75.9 Å². The molecule has 0 bridgehead atoms. The first-order valence-corrected chi connectivity index (χ1v) is 22.4. The SMILES string of the molecule is C=C[C@@H]([C@H](OCc1ccccc1)[C@@H](OCc1ccccc1)[C@@H](CO[Si](c1ccccc1)(c1ccccc1)C(C)(C)C)OCc1ccccc1)N1C(=O)c2ccccc2C1=O. The van der Waals surface area contributed by atoms with Crippen molar-refractivity contribution in [2.24, 2.45) is 0 Å². The molecule has 8 heteroatoms. The minimum atomic E-state index is -3.10. The fraction of sp³-hybridized carbons (Fsp3) is 0.231. The van der Waals surface area contributed by atoms with Gasteiger partial charge >= 0.3 is 0 Å². The van der Waals surface area contributed by atoms with E-state index in [0.717, 1.165) is 27.1 Å². The second-order valence-corrected chi connectivity index (χ2v) is 20.4. The molecule has 0 saturated heterocycles. The van der Waals surface area contributed by atoms with Crippen LogP contribution in [-0.4, -0.2) is 56.0 Å². The highest BCUT2D eigenvalue weighted by Gasteiger charge is 2.52. The molecule has 0 spiro atoms. The molecule has 1 heterocycles. The third kappa shape index (κ3) is 9.34. The predicted molar refractivity (Wildman–Crippen MR) is 240 cm³/mol. The monoisotopic (exact) mass is 815 g/mol. The van der Waals surface area contributed by atoms with Crippen LogP contribution < -0.4 is 10.4 Å². The lowest BCUT2D eigenvalue weighted by atomic mass is 9.98. The molecular formula is C52H53NO6Si. The summed E-state index contributed by atoms with van der Waals surface area (Å²) in [6.07, 6.45) is -0.984. The van der Waals surface area contributed by atoms with Crippen molar-refractivity contribution in [2.75, 3.05) is 6.61 Å². The van der Waals surface area contributed by atoms with E-state index in [1.165, 1.54) is 4.90 Å². The fourth-order valence-corrected chi connectivity index (χ4v) is 12.8. The third-order valence-electron chi connectivity index (χ3n) is 11.2. The Morgan fingerprint density at radius 3 is 1.30 bits per heavy atom. The Labute approximate surface area is 355 Å². The molecule has 0 saturated carbocycles. The standard InChI is InChI=1S/C52H53NO6Si/c1-5-46(53-50(54)44-33-21-22-34-45(44)51(53)55)48(57-36-40-25-13-7-14-26-40)49(58-37-41-27-15-8-16-28-41)47(56-35-39-23-11-6-12-24-39)38-59-60(52(2,3)4,42-29-17-9-18-30-42)43-31-19-10-20-32-43/h5-34,46-49H,1,35-38H2,2-4H3/t46-,47+,48-,49-/m0/s1. The maximum Gasteiger partial charge on any atom is 0.262 e. The maximum absolute atomic E-state index is 14.3. The Morgan fingerprint density at radius 1 is 0.533 bits per heavy atom. The van der Waals surface area contributed by atoms with Crippen LogP contribution in [0.2, 0.25) is 5.04 Å². The van der Waals surface area contributed by atoms with Crippen LogP contribution in [-0.2, 0) is 38.5 Å². The number of nitrogens with zero attached hydrogens (tertiary/aromatic N) is 1. The Bertz CT molecular complexity index is 2230. The Kier molecular flexibility index (Phi) is 13.8. The summed E-state index contributed by atoms with van der Waals surface area (Å²) in [6.45, 7) is 11.7. The van der Waals surface area contributed by atoms with Gasteiger partial charge in [0.15, 0.2) is 0 Å². The first-order chi connectivity index (χ1) is 29.2. The number of benzene rings is 6. The molecule has 0 unspecified atom stereocenters.